The maximum atomic E-state index is 6.19. The molecule has 0 amide bonds. The molecule has 24 heavy (non-hydrogen) atoms. The number of benzene rings is 1. The average molecular weight is 465 g/mol. The summed E-state index contributed by atoms with van der Waals surface area (Å²) >= 11 is 6.19. The smallest absolute Gasteiger partial charge is 0.191 e. The Morgan fingerprint density at radius 3 is 2.62 bits per heavy atom. The summed E-state index contributed by atoms with van der Waals surface area (Å²) in [6.45, 7) is 10.4. The quantitative estimate of drug-likeness (QED) is 0.367. The second kappa shape index (κ2) is 11.9. The van der Waals surface area contributed by atoms with Gasteiger partial charge in [0.25, 0.3) is 0 Å². The molecule has 1 aromatic rings. The van der Waals surface area contributed by atoms with Crippen molar-refractivity contribution in [1.29, 1.82) is 0 Å². The van der Waals surface area contributed by atoms with Crippen LogP contribution in [0.3, 0.4) is 0 Å². The van der Waals surface area contributed by atoms with Gasteiger partial charge in [-0.25, -0.2) is 4.99 Å². The number of guanidine groups is 1. The van der Waals surface area contributed by atoms with Crippen molar-refractivity contribution in [3.63, 3.8) is 0 Å². The molecule has 1 aliphatic heterocycles. The Hall–Kier alpha value is -0.530. The van der Waals surface area contributed by atoms with E-state index in [9.17, 15) is 0 Å². The number of hydrogen-bond acceptors (Lipinski definition) is 2. The molecular weight excluding hydrogens is 435 g/mol. The van der Waals surface area contributed by atoms with Gasteiger partial charge in [0.1, 0.15) is 0 Å². The summed E-state index contributed by atoms with van der Waals surface area (Å²) in [7, 11) is 0. The molecule has 0 saturated carbocycles. The van der Waals surface area contributed by atoms with Gasteiger partial charge in [-0.15, -0.1) is 24.0 Å². The largest absolute Gasteiger partial charge is 0.357 e. The maximum Gasteiger partial charge on any atom is 0.191 e. The number of aliphatic imine (C=N–C) groups is 1. The number of likely N-dealkylation sites (tertiary alicyclic amines) is 1. The highest BCUT2D eigenvalue weighted by Crippen LogP contribution is 2.15. The monoisotopic (exact) mass is 464 g/mol. The van der Waals surface area contributed by atoms with Crippen LogP contribution in [0.1, 0.15) is 32.3 Å². The van der Waals surface area contributed by atoms with Crippen molar-refractivity contribution in [1.82, 2.24) is 15.5 Å². The van der Waals surface area contributed by atoms with Crippen molar-refractivity contribution in [2.75, 3.05) is 32.7 Å². The fourth-order valence-corrected chi connectivity index (χ4v) is 3.07. The first-order chi connectivity index (χ1) is 11.2. The maximum absolute atomic E-state index is 6.19. The summed E-state index contributed by atoms with van der Waals surface area (Å²) in [5.41, 5.74) is 1.05. The van der Waals surface area contributed by atoms with Crippen LogP contribution in [0.4, 0.5) is 0 Å². The number of nitrogens with zero attached hydrogens (tertiary/aromatic N) is 2. The van der Waals surface area contributed by atoms with Crippen LogP contribution in [-0.2, 0) is 6.54 Å². The summed E-state index contributed by atoms with van der Waals surface area (Å²) in [5, 5.41) is 7.53. The van der Waals surface area contributed by atoms with Gasteiger partial charge in [0.2, 0.25) is 0 Å². The Balaban J connectivity index is 0.00000288. The second-order valence-corrected chi connectivity index (χ2v) is 6.69. The lowest BCUT2D eigenvalue weighted by Gasteiger charge is -2.21. The summed E-state index contributed by atoms with van der Waals surface area (Å²) in [5.74, 6) is 1.47. The van der Waals surface area contributed by atoms with E-state index in [0.717, 1.165) is 36.2 Å². The molecule has 2 rings (SSSR count). The zero-order chi connectivity index (χ0) is 16.5. The zero-order valence-corrected chi connectivity index (χ0v) is 17.8. The molecule has 4 nitrogen and oxygen atoms in total. The third-order valence-electron chi connectivity index (χ3n) is 4.10. The van der Waals surface area contributed by atoms with Crippen LogP contribution in [-0.4, -0.2) is 43.6 Å². The second-order valence-electron chi connectivity index (χ2n) is 6.28. The van der Waals surface area contributed by atoms with Gasteiger partial charge in [0, 0.05) is 24.7 Å². The van der Waals surface area contributed by atoms with E-state index in [2.05, 4.69) is 34.4 Å². The Kier molecular flexibility index (Phi) is 10.7. The molecule has 1 aliphatic rings. The van der Waals surface area contributed by atoms with Crippen molar-refractivity contribution >= 4 is 41.5 Å². The Bertz CT molecular complexity index is 504. The Labute approximate surface area is 168 Å². The Morgan fingerprint density at radius 2 is 1.96 bits per heavy atom. The third kappa shape index (κ3) is 7.57. The predicted octanol–water partition coefficient (Wildman–Crippen LogP) is 3.75. The van der Waals surface area contributed by atoms with Crippen LogP contribution < -0.4 is 10.6 Å². The van der Waals surface area contributed by atoms with E-state index in [1.54, 1.807) is 0 Å². The molecule has 6 heteroatoms. The van der Waals surface area contributed by atoms with Crippen molar-refractivity contribution in [2.24, 2.45) is 10.9 Å². The number of rotatable bonds is 7. The van der Waals surface area contributed by atoms with E-state index in [1.807, 2.05) is 24.3 Å². The SMILES string of the molecule is CCNC(=NCc1ccccc1Cl)NCC(C)CN1CCCC1.I. The minimum Gasteiger partial charge on any atom is -0.357 e. The van der Waals surface area contributed by atoms with E-state index < -0.39 is 0 Å². The van der Waals surface area contributed by atoms with E-state index in [1.165, 1.54) is 25.9 Å². The van der Waals surface area contributed by atoms with Gasteiger partial charge in [0.05, 0.1) is 6.54 Å². The molecule has 1 aromatic carbocycles. The fraction of sp³-hybridized carbons (Fsp3) is 0.611. The molecule has 1 saturated heterocycles. The first-order valence-electron chi connectivity index (χ1n) is 8.67. The van der Waals surface area contributed by atoms with Crippen LogP contribution in [0.15, 0.2) is 29.3 Å². The molecule has 1 fully saturated rings. The lowest BCUT2D eigenvalue weighted by Crippen LogP contribution is -2.41. The molecule has 136 valence electrons. The molecule has 0 aliphatic carbocycles. The lowest BCUT2D eigenvalue weighted by molar-refractivity contribution is 0.287. The molecule has 0 aromatic heterocycles. The van der Waals surface area contributed by atoms with Gasteiger partial charge in [-0.2, -0.15) is 0 Å². The van der Waals surface area contributed by atoms with Gasteiger partial charge in [-0.3, -0.25) is 0 Å². The van der Waals surface area contributed by atoms with E-state index in [0.29, 0.717) is 12.5 Å². The first-order valence-corrected chi connectivity index (χ1v) is 9.04. The van der Waals surface area contributed by atoms with E-state index in [-0.39, 0.29) is 24.0 Å². The van der Waals surface area contributed by atoms with Gasteiger partial charge in [-0.1, -0.05) is 36.7 Å². The molecule has 0 radical (unpaired) electrons. The van der Waals surface area contributed by atoms with E-state index >= 15 is 0 Å². The van der Waals surface area contributed by atoms with Gasteiger partial charge in [-0.05, 0) is 50.4 Å². The molecule has 1 unspecified atom stereocenters. The normalized spacial score (nSPS) is 16.5. The van der Waals surface area contributed by atoms with Crippen LogP contribution in [0.25, 0.3) is 0 Å². The van der Waals surface area contributed by atoms with Crippen molar-refractivity contribution < 1.29 is 0 Å². The number of nitrogens with one attached hydrogen (secondary N) is 2. The first kappa shape index (κ1) is 21.5. The standard InChI is InChI=1S/C18H29ClN4.HI/c1-3-20-18(22-13-16-8-4-5-9-17(16)19)21-12-15(2)14-23-10-6-7-11-23;/h4-5,8-9,15H,3,6-7,10-14H2,1-2H3,(H2,20,21,22);1H. The molecule has 1 atom stereocenters. The van der Waals surface area contributed by atoms with E-state index in [4.69, 9.17) is 11.6 Å². The average Bonchev–Trinajstić information content (AvgIpc) is 3.04. The Morgan fingerprint density at radius 1 is 1.25 bits per heavy atom. The fourth-order valence-electron chi connectivity index (χ4n) is 2.87. The number of hydrogen-bond donors (Lipinski definition) is 2. The lowest BCUT2D eigenvalue weighted by atomic mass is 10.1. The molecule has 2 N–H and O–H groups in total. The minimum absolute atomic E-state index is 0. The highest BCUT2D eigenvalue weighted by atomic mass is 127. The molecule has 0 bridgehead atoms. The van der Waals surface area contributed by atoms with Crippen molar-refractivity contribution in [3.05, 3.63) is 34.9 Å². The van der Waals surface area contributed by atoms with Crippen LogP contribution in [0.5, 0.6) is 0 Å². The van der Waals surface area contributed by atoms with Gasteiger partial charge >= 0.3 is 0 Å². The molecule has 1 heterocycles. The predicted molar refractivity (Wildman–Crippen MR) is 115 cm³/mol. The number of halogens is 2. The van der Waals surface area contributed by atoms with Crippen LogP contribution in [0, 0.1) is 5.92 Å². The highest BCUT2D eigenvalue weighted by molar-refractivity contribution is 14.0. The van der Waals surface area contributed by atoms with Crippen LogP contribution in [0.2, 0.25) is 5.02 Å². The minimum atomic E-state index is 0. The summed E-state index contributed by atoms with van der Waals surface area (Å²) in [4.78, 5) is 7.20. The summed E-state index contributed by atoms with van der Waals surface area (Å²) in [6.07, 6.45) is 2.70. The summed E-state index contributed by atoms with van der Waals surface area (Å²) in [6, 6.07) is 7.87. The third-order valence-corrected chi connectivity index (χ3v) is 4.46. The van der Waals surface area contributed by atoms with Crippen molar-refractivity contribution in [2.45, 2.75) is 33.2 Å². The highest BCUT2D eigenvalue weighted by Gasteiger charge is 2.14. The van der Waals surface area contributed by atoms with Gasteiger partial charge < -0.3 is 15.5 Å². The summed E-state index contributed by atoms with van der Waals surface area (Å²) < 4.78 is 0. The topological polar surface area (TPSA) is 39.7 Å². The van der Waals surface area contributed by atoms with Crippen molar-refractivity contribution in [3.8, 4) is 0 Å². The molecule has 0 spiro atoms. The molecular formula is C18H30ClIN4. The van der Waals surface area contributed by atoms with Gasteiger partial charge in [0.15, 0.2) is 5.96 Å². The van der Waals surface area contributed by atoms with Crippen LogP contribution >= 0.6 is 35.6 Å². The zero-order valence-electron chi connectivity index (χ0n) is 14.7.